The van der Waals surface area contributed by atoms with E-state index < -0.39 is 40.9 Å². The number of esters is 1. The van der Waals surface area contributed by atoms with Crippen LogP contribution in [0.1, 0.15) is 64.4 Å². The summed E-state index contributed by atoms with van der Waals surface area (Å²) in [4.78, 5) is 49.9. The van der Waals surface area contributed by atoms with E-state index in [2.05, 4.69) is 12.2 Å². The first-order chi connectivity index (χ1) is 19.9. The van der Waals surface area contributed by atoms with Gasteiger partial charge >= 0.3 is 5.97 Å². The monoisotopic (exact) mass is 581 g/mol. The number of carbonyl (C=O) groups excluding carboxylic acids is 4. The summed E-state index contributed by atoms with van der Waals surface area (Å²) in [7, 11) is 0. The highest BCUT2D eigenvalue weighted by molar-refractivity contribution is 6.01. The van der Waals surface area contributed by atoms with E-state index in [4.69, 9.17) is 4.74 Å². The van der Waals surface area contributed by atoms with Gasteiger partial charge in [-0.1, -0.05) is 37.6 Å². The molecule has 0 spiro atoms. The Morgan fingerprint density at radius 3 is 2.60 bits per heavy atom. The van der Waals surface area contributed by atoms with Crippen LogP contribution in [0.3, 0.4) is 0 Å². The van der Waals surface area contributed by atoms with Crippen LogP contribution < -0.4 is 5.32 Å². The first-order valence-electron chi connectivity index (χ1n) is 14.9. The Labute approximate surface area is 245 Å². The van der Waals surface area contributed by atoms with Crippen molar-refractivity contribution in [1.82, 2.24) is 5.32 Å². The zero-order valence-electron chi connectivity index (χ0n) is 24.2. The standard InChI is InChI=1S/C33H40FNO7/c1-31-14-11-23(36)17-21(31)5-8-24-25-12-15-33(41,32(25,2)18-26(37)30(24)31)27(38)19-42-29(40)10-9-28(39)35-16-13-20-3-6-22(34)7-4-20/h3-4,6-7,11,14,17,24-26,30,37,41H,5,8-10,12-13,15-16,18-19H2,1-2H3,(H,35,39)/t24-,25+,26-,30+,31+,32+,33+/m1/s1. The van der Waals surface area contributed by atoms with E-state index in [1.54, 1.807) is 24.3 Å². The number of allylic oxidation sites excluding steroid dienone is 4. The van der Waals surface area contributed by atoms with Crippen LogP contribution in [0.5, 0.6) is 0 Å². The van der Waals surface area contributed by atoms with Crippen LogP contribution in [0.25, 0.3) is 0 Å². The van der Waals surface area contributed by atoms with Gasteiger partial charge in [-0.05, 0) is 80.2 Å². The Kier molecular flexibility index (Phi) is 8.29. The molecule has 42 heavy (non-hydrogen) atoms. The van der Waals surface area contributed by atoms with E-state index in [0.717, 1.165) is 24.0 Å². The number of fused-ring (bicyclic) bond motifs is 5. The zero-order valence-corrected chi connectivity index (χ0v) is 24.2. The third kappa shape index (κ3) is 5.37. The lowest BCUT2D eigenvalue weighted by atomic mass is 9.46. The number of Topliss-reactive ketones (excluding diaryl/α,β-unsaturated/α-hetero) is 1. The molecule has 0 aromatic heterocycles. The smallest absolute Gasteiger partial charge is 0.306 e. The molecule has 1 amide bonds. The van der Waals surface area contributed by atoms with Gasteiger partial charge in [-0.3, -0.25) is 19.2 Å². The maximum Gasteiger partial charge on any atom is 0.306 e. The number of aliphatic hydroxyl groups is 2. The number of benzene rings is 1. The minimum absolute atomic E-state index is 0.00133. The van der Waals surface area contributed by atoms with Gasteiger partial charge < -0.3 is 20.3 Å². The predicted octanol–water partition coefficient (Wildman–Crippen LogP) is 3.39. The van der Waals surface area contributed by atoms with Crippen molar-refractivity contribution < 1.29 is 38.5 Å². The molecule has 0 heterocycles. The van der Waals surface area contributed by atoms with Crippen molar-refractivity contribution in [3.63, 3.8) is 0 Å². The van der Waals surface area contributed by atoms with Crippen LogP contribution >= 0.6 is 0 Å². The van der Waals surface area contributed by atoms with Crippen LogP contribution in [0.4, 0.5) is 4.39 Å². The molecule has 0 saturated heterocycles. The number of halogens is 1. The molecule has 8 nitrogen and oxygen atoms in total. The van der Waals surface area contributed by atoms with Crippen LogP contribution in [0, 0.1) is 34.4 Å². The Morgan fingerprint density at radius 2 is 1.86 bits per heavy atom. The lowest BCUT2D eigenvalue weighted by Gasteiger charge is -2.59. The first kappa shape index (κ1) is 30.3. The van der Waals surface area contributed by atoms with Gasteiger partial charge in [-0.15, -0.1) is 0 Å². The normalized spacial score (nSPS) is 35.0. The molecule has 3 fully saturated rings. The Morgan fingerprint density at radius 1 is 1.12 bits per heavy atom. The highest BCUT2D eigenvalue weighted by Gasteiger charge is 2.68. The molecule has 226 valence electrons. The van der Waals surface area contributed by atoms with Crippen LogP contribution in [0.15, 0.2) is 48.1 Å². The summed E-state index contributed by atoms with van der Waals surface area (Å²) >= 11 is 0. The summed E-state index contributed by atoms with van der Waals surface area (Å²) in [6, 6.07) is 5.99. The molecule has 1 aromatic carbocycles. The topological polar surface area (TPSA) is 130 Å². The molecule has 3 N–H and O–H groups in total. The van der Waals surface area contributed by atoms with E-state index in [0.29, 0.717) is 19.4 Å². The van der Waals surface area contributed by atoms with Crippen molar-refractivity contribution in [1.29, 1.82) is 0 Å². The van der Waals surface area contributed by atoms with Crippen molar-refractivity contribution >= 4 is 23.4 Å². The van der Waals surface area contributed by atoms with Crippen molar-refractivity contribution in [3.8, 4) is 0 Å². The summed E-state index contributed by atoms with van der Waals surface area (Å²) in [6.45, 7) is 3.68. The minimum Gasteiger partial charge on any atom is -0.458 e. The second kappa shape index (κ2) is 11.5. The molecular formula is C33H40FNO7. The van der Waals surface area contributed by atoms with Gasteiger partial charge in [0, 0.05) is 29.7 Å². The molecule has 0 unspecified atom stereocenters. The number of ether oxygens (including phenoxy) is 1. The zero-order chi connectivity index (χ0) is 30.3. The quantitative estimate of drug-likeness (QED) is 0.381. The van der Waals surface area contributed by atoms with Gasteiger partial charge in [0.05, 0.1) is 12.5 Å². The predicted molar refractivity (Wildman–Crippen MR) is 151 cm³/mol. The number of amides is 1. The second-order valence-electron chi connectivity index (χ2n) is 12.9. The number of hydrogen-bond donors (Lipinski definition) is 3. The third-order valence-electron chi connectivity index (χ3n) is 10.7. The molecule has 4 aliphatic carbocycles. The van der Waals surface area contributed by atoms with Crippen molar-refractivity contribution in [2.24, 2.45) is 28.6 Å². The van der Waals surface area contributed by atoms with E-state index in [9.17, 15) is 33.8 Å². The van der Waals surface area contributed by atoms with Gasteiger partial charge in [0.25, 0.3) is 0 Å². The summed E-state index contributed by atoms with van der Waals surface area (Å²) in [5, 5.41) is 26.0. The summed E-state index contributed by atoms with van der Waals surface area (Å²) < 4.78 is 18.2. The highest BCUT2D eigenvalue weighted by Crippen LogP contribution is 2.67. The van der Waals surface area contributed by atoms with Crippen LogP contribution in [-0.2, 0) is 30.3 Å². The van der Waals surface area contributed by atoms with Crippen molar-refractivity contribution in [2.45, 2.75) is 76.9 Å². The second-order valence-corrected chi connectivity index (χ2v) is 12.9. The SMILES string of the molecule is C[C@]12C=CC(=O)C=C1CC[C@H]1[C@H]2[C@H](O)C[C@@]2(C)[C@H]1CC[C@]2(O)C(=O)COC(=O)CCC(=O)NCCc1ccc(F)cc1. The Balaban J connectivity index is 1.14. The summed E-state index contributed by atoms with van der Waals surface area (Å²) in [5.74, 6) is -2.03. The molecule has 1 aromatic rings. The summed E-state index contributed by atoms with van der Waals surface area (Å²) in [5.41, 5.74) is -1.15. The van der Waals surface area contributed by atoms with Gasteiger partial charge in [0.1, 0.15) is 11.4 Å². The number of carbonyl (C=O) groups is 4. The van der Waals surface area contributed by atoms with Crippen LogP contribution in [0.2, 0.25) is 0 Å². The maximum absolute atomic E-state index is 13.4. The average molecular weight is 582 g/mol. The minimum atomic E-state index is -1.74. The molecule has 0 bridgehead atoms. The van der Waals surface area contributed by atoms with Gasteiger partial charge in [0.2, 0.25) is 11.7 Å². The van der Waals surface area contributed by atoms with E-state index in [1.165, 1.54) is 12.1 Å². The molecule has 0 radical (unpaired) electrons. The molecule has 9 heteroatoms. The number of aliphatic hydroxyl groups excluding tert-OH is 1. The first-order valence-corrected chi connectivity index (χ1v) is 14.9. The molecule has 0 aliphatic heterocycles. The van der Waals surface area contributed by atoms with Crippen LogP contribution in [-0.4, -0.2) is 58.5 Å². The molecule has 4 aliphatic rings. The number of nitrogens with one attached hydrogen (secondary N) is 1. The van der Waals surface area contributed by atoms with Gasteiger partial charge in [-0.2, -0.15) is 0 Å². The average Bonchev–Trinajstić information content (AvgIpc) is 3.22. The van der Waals surface area contributed by atoms with Gasteiger partial charge in [-0.25, -0.2) is 4.39 Å². The fourth-order valence-electron chi connectivity index (χ4n) is 8.43. The van der Waals surface area contributed by atoms with Crippen molar-refractivity contribution in [2.75, 3.05) is 13.2 Å². The van der Waals surface area contributed by atoms with E-state index in [1.807, 2.05) is 13.0 Å². The highest BCUT2D eigenvalue weighted by atomic mass is 19.1. The van der Waals surface area contributed by atoms with Crippen molar-refractivity contribution in [3.05, 3.63) is 59.4 Å². The lowest BCUT2D eigenvalue weighted by Crippen LogP contribution is -2.61. The van der Waals surface area contributed by atoms with E-state index in [-0.39, 0.29) is 60.9 Å². The fourth-order valence-corrected chi connectivity index (χ4v) is 8.43. The molecule has 7 atom stereocenters. The Hall–Kier alpha value is -3.17. The largest absolute Gasteiger partial charge is 0.458 e. The maximum atomic E-state index is 13.4. The van der Waals surface area contributed by atoms with Gasteiger partial charge in [0.15, 0.2) is 12.4 Å². The molecular weight excluding hydrogens is 541 g/mol. The molecule has 3 saturated carbocycles. The summed E-state index contributed by atoms with van der Waals surface area (Å²) in [6.07, 6.45) is 7.21. The number of hydrogen-bond acceptors (Lipinski definition) is 7. The molecule has 5 rings (SSSR count). The number of rotatable bonds is 9. The Bertz CT molecular complexity index is 1320. The van der Waals surface area contributed by atoms with E-state index >= 15 is 0 Å². The lowest BCUT2D eigenvalue weighted by molar-refractivity contribution is -0.181. The number of ketones is 2. The third-order valence-corrected chi connectivity index (χ3v) is 10.7. The fraction of sp³-hybridized carbons (Fsp3) is 0.576.